The Morgan fingerprint density at radius 1 is 1.00 bits per heavy atom. The predicted octanol–water partition coefficient (Wildman–Crippen LogP) is 2.44. The zero-order valence-corrected chi connectivity index (χ0v) is 13.6. The second-order valence-corrected chi connectivity index (χ2v) is 6.82. The first-order valence-corrected chi connectivity index (χ1v) is 8.43. The highest BCUT2D eigenvalue weighted by atomic mass is 32.2. The largest absolute Gasteiger partial charge is 0.452 e. The Morgan fingerprint density at radius 3 is 2.13 bits per heavy atom. The van der Waals surface area contributed by atoms with Crippen molar-refractivity contribution in [3.8, 4) is 0 Å². The van der Waals surface area contributed by atoms with Gasteiger partial charge < -0.3 is 4.74 Å². The van der Waals surface area contributed by atoms with Crippen molar-refractivity contribution < 1.29 is 17.9 Å². The number of rotatable bonds is 5. The van der Waals surface area contributed by atoms with Crippen molar-refractivity contribution in [2.75, 3.05) is 7.11 Å². The van der Waals surface area contributed by atoms with Crippen LogP contribution < -0.4 is 10.9 Å². The van der Waals surface area contributed by atoms with Crippen LogP contribution in [0, 0.1) is 0 Å². The number of amides is 1. The third-order valence-corrected chi connectivity index (χ3v) is 5.11. The number of carbonyl (C=O) groups excluding carboxylic acids is 1. The van der Waals surface area contributed by atoms with E-state index in [1.54, 1.807) is 54.6 Å². The molecule has 23 heavy (non-hydrogen) atoms. The molecule has 0 bridgehead atoms. The molecule has 0 spiro atoms. The Hall–Kier alpha value is -2.38. The number of benzene rings is 2. The minimum absolute atomic E-state index is 0.206. The molecule has 2 aromatic rings. The number of hydrogen-bond acceptors (Lipinski definition) is 5. The number of nitrogens with one attached hydrogen (secondary N) is 2. The van der Waals surface area contributed by atoms with Crippen molar-refractivity contribution in [2.24, 2.45) is 0 Å². The van der Waals surface area contributed by atoms with Crippen molar-refractivity contribution in [1.29, 1.82) is 0 Å². The lowest BCUT2D eigenvalue weighted by atomic mass is 10.1. The van der Waals surface area contributed by atoms with Crippen molar-refractivity contribution in [3.63, 3.8) is 0 Å². The van der Waals surface area contributed by atoms with Crippen LogP contribution in [-0.4, -0.2) is 21.6 Å². The van der Waals surface area contributed by atoms with E-state index < -0.39 is 15.9 Å². The van der Waals surface area contributed by atoms with E-state index in [1.807, 2.05) is 6.92 Å². The maximum atomic E-state index is 12.5. The summed E-state index contributed by atoms with van der Waals surface area (Å²) in [6.07, 6.45) is -0.597. The van der Waals surface area contributed by atoms with Gasteiger partial charge in [-0.05, 0) is 36.8 Å². The summed E-state index contributed by atoms with van der Waals surface area (Å²) in [6.45, 7) is 1.83. The fourth-order valence-electron chi connectivity index (χ4n) is 1.97. The summed E-state index contributed by atoms with van der Waals surface area (Å²) in [5.41, 5.74) is 5.96. The van der Waals surface area contributed by atoms with Gasteiger partial charge in [-0.3, -0.25) is 5.43 Å². The maximum Gasteiger partial charge on any atom is 0.421 e. The number of sulfone groups is 1. The minimum Gasteiger partial charge on any atom is -0.452 e. The van der Waals surface area contributed by atoms with E-state index in [1.165, 1.54) is 7.11 Å². The molecule has 0 saturated heterocycles. The standard InChI is InChI=1S/C16H18N2O4S/c1-12(17-18-16(19)22-2)13-8-10-15(11-9-13)23(20,21)14-6-4-3-5-7-14/h3-12,17H,1-2H3,(H,18,19). The molecular formula is C16H18N2O4S. The van der Waals surface area contributed by atoms with Gasteiger partial charge in [-0.15, -0.1) is 0 Å². The van der Waals surface area contributed by atoms with E-state index in [4.69, 9.17) is 0 Å². The van der Waals surface area contributed by atoms with Crippen LogP contribution in [0.2, 0.25) is 0 Å². The van der Waals surface area contributed by atoms with Crippen LogP contribution in [0.25, 0.3) is 0 Å². The van der Waals surface area contributed by atoms with Gasteiger partial charge in [0.05, 0.1) is 16.9 Å². The lowest BCUT2D eigenvalue weighted by molar-refractivity contribution is 0.163. The van der Waals surface area contributed by atoms with Gasteiger partial charge in [0.15, 0.2) is 0 Å². The summed E-state index contributed by atoms with van der Waals surface area (Å²) in [7, 11) is -2.25. The molecule has 2 aromatic carbocycles. The van der Waals surface area contributed by atoms with Gasteiger partial charge >= 0.3 is 6.09 Å². The monoisotopic (exact) mass is 334 g/mol. The zero-order valence-electron chi connectivity index (χ0n) is 12.8. The van der Waals surface area contributed by atoms with Gasteiger partial charge in [-0.1, -0.05) is 30.3 Å². The van der Waals surface area contributed by atoms with E-state index in [9.17, 15) is 13.2 Å². The van der Waals surface area contributed by atoms with E-state index in [0.717, 1.165) is 5.56 Å². The molecule has 0 saturated carbocycles. The van der Waals surface area contributed by atoms with Crippen LogP contribution >= 0.6 is 0 Å². The molecule has 0 radical (unpaired) electrons. The van der Waals surface area contributed by atoms with Crippen LogP contribution in [-0.2, 0) is 14.6 Å². The summed E-state index contributed by atoms with van der Waals surface area (Å²) in [5, 5.41) is 0. The highest BCUT2D eigenvalue weighted by Crippen LogP contribution is 2.22. The van der Waals surface area contributed by atoms with Crippen molar-refractivity contribution in [2.45, 2.75) is 22.8 Å². The van der Waals surface area contributed by atoms with Crippen LogP contribution in [0.3, 0.4) is 0 Å². The first-order valence-electron chi connectivity index (χ1n) is 6.94. The van der Waals surface area contributed by atoms with Crippen molar-refractivity contribution in [3.05, 3.63) is 60.2 Å². The quantitative estimate of drug-likeness (QED) is 0.821. The van der Waals surface area contributed by atoms with E-state index in [-0.39, 0.29) is 15.8 Å². The van der Waals surface area contributed by atoms with Gasteiger partial charge in [0.1, 0.15) is 0 Å². The zero-order chi connectivity index (χ0) is 16.9. The molecule has 7 heteroatoms. The predicted molar refractivity (Wildman–Crippen MR) is 85.4 cm³/mol. The number of ether oxygens (including phenoxy) is 1. The Labute approximate surface area is 135 Å². The Kier molecular flexibility index (Phi) is 5.36. The Bertz CT molecular complexity index is 758. The van der Waals surface area contributed by atoms with Gasteiger partial charge in [-0.2, -0.15) is 0 Å². The molecule has 1 amide bonds. The molecule has 0 aliphatic carbocycles. The molecule has 2 N–H and O–H groups in total. The molecule has 122 valence electrons. The summed E-state index contributed by atoms with van der Waals surface area (Å²) >= 11 is 0. The SMILES string of the molecule is COC(=O)NNC(C)c1ccc(S(=O)(=O)c2ccccc2)cc1. The first kappa shape index (κ1) is 17.0. The number of hydrazine groups is 1. The average molecular weight is 334 g/mol. The van der Waals surface area contributed by atoms with Gasteiger partial charge in [0, 0.05) is 6.04 Å². The smallest absolute Gasteiger partial charge is 0.421 e. The summed E-state index contributed by atoms with van der Waals surface area (Å²) in [6, 6.07) is 14.6. The van der Waals surface area contributed by atoms with E-state index in [0.29, 0.717) is 0 Å². The van der Waals surface area contributed by atoms with Gasteiger partial charge in [0.2, 0.25) is 9.84 Å². The van der Waals surface area contributed by atoms with Crippen LogP contribution in [0.1, 0.15) is 18.5 Å². The lowest BCUT2D eigenvalue weighted by Gasteiger charge is -2.15. The van der Waals surface area contributed by atoms with Crippen LogP contribution in [0.5, 0.6) is 0 Å². The fourth-order valence-corrected chi connectivity index (χ4v) is 3.25. The molecule has 0 aliphatic heterocycles. The van der Waals surface area contributed by atoms with Crippen LogP contribution in [0.15, 0.2) is 64.4 Å². The molecular weight excluding hydrogens is 316 g/mol. The normalized spacial score (nSPS) is 12.4. The third-order valence-electron chi connectivity index (χ3n) is 3.32. The minimum atomic E-state index is -3.52. The fraction of sp³-hybridized carbons (Fsp3) is 0.188. The van der Waals surface area contributed by atoms with E-state index in [2.05, 4.69) is 15.6 Å². The van der Waals surface area contributed by atoms with Crippen LogP contribution in [0.4, 0.5) is 4.79 Å². The van der Waals surface area contributed by atoms with Crippen molar-refractivity contribution >= 4 is 15.9 Å². The average Bonchev–Trinajstić information content (AvgIpc) is 2.60. The van der Waals surface area contributed by atoms with E-state index >= 15 is 0 Å². The lowest BCUT2D eigenvalue weighted by Crippen LogP contribution is -2.38. The third kappa shape index (κ3) is 4.08. The molecule has 0 aliphatic rings. The molecule has 2 rings (SSSR count). The molecule has 6 nitrogen and oxygen atoms in total. The Morgan fingerprint density at radius 2 is 1.57 bits per heavy atom. The van der Waals surface area contributed by atoms with Crippen molar-refractivity contribution in [1.82, 2.24) is 10.9 Å². The summed E-state index contributed by atoms with van der Waals surface area (Å²) < 4.78 is 29.4. The van der Waals surface area contributed by atoms with Gasteiger partial charge in [-0.25, -0.2) is 18.6 Å². The topological polar surface area (TPSA) is 84.5 Å². The molecule has 0 fully saturated rings. The summed E-state index contributed by atoms with van der Waals surface area (Å²) in [5.74, 6) is 0. The number of carbonyl (C=O) groups is 1. The summed E-state index contributed by atoms with van der Waals surface area (Å²) in [4.78, 5) is 11.5. The Balaban J connectivity index is 2.15. The maximum absolute atomic E-state index is 12.5. The highest BCUT2D eigenvalue weighted by molar-refractivity contribution is 7.91. The molecule has 0 aromatic heterocycles. The second kappa shape index (κ2) is 7.26. The molecule has 0 heterocycles. The molecule has 1 unspecified atom stereocenters. The number of hydrogen-bond donors (Lipinski definition) is 2. The second-order valence-electron chi connectivity index (χ2n) is 4.87. The first-order chi connectivity index (χ1) is 10.9. The molecule has 1 atom stereocenters. The van der Waals surface area contributed by atoms with Gasteiger partial charge in [0.25, 0.3) is 0 Å². The highest BCUT2D eigenvalue weighted by Gasteiger charge is 2.17. The number of methoxy groups -OCH3 is 1.